The molecule has 1 heteroatoms. The second kappa shape index (κ2) is 8.96. The van der Waals surface area contributed by atoms with E-state index in [1.165, 1.54) is 76.9 Å². The lowest BCUT2D eigenvalue weighted by atomic mass is 9.72. The van der Waals surface area contributed by atoms with E-state index in [9.17, 15) is 4.79 Å². The van der Waals surface area contributed by atoms with E-state index in [2.05, 4.69) is 13.8 Å². The van der Waals surface area contributed by atoms with Crippen LogP contribution in [0.15, 0.2) is 0 Å². The highest BCUT2D eigenvalue weighted by Crippen LogP contribution is 2.37. The van der Waals surface area contributed by atoms with Gasteiger partial charge in [-0.25, -0.2) is 0 Å². The van der Waals surface area contributed by atoms with Crippen molar-refractivity contribution in [2.24, 2.45) is 29.6 Å². The first-order valence-corrected chi connectivity index (χ1v) is 9.67. The van der Waals surface area contributed by atoms with Gasteiger partial charge in [-0.1, -0.05) is 71.6 Å². The van der Waals surface area contributed by atoms with Crippen LogP contribution in [0.1, 0.15) is 90.9 Å². The van der Waals surface area contributed by atoms with Crippen molar-refractivity contribution in [1.29, 1.82) is 0 Å². The molecule has 0 spiro atoms. The standard InChI is InChI=1S/C20H36O/c1-16-9-8-14-18(17(16)2)10-4-3-5-11-19-12-6-7-13-20(19)15-21/h15-20H,3-14H2,1-2H3. The maximum absolute atomic E-state index is 11.1. The number of hydrogen-bond acceptors (Lipinski definition) is 1. The Kier molecular flexibility index (Phi) is 7.26. The fraction of sp³-hybridized carbons (Fsp3) is 0.950. The zero-order chi connectivity index (χ0) is 15.1. The van der Waals surface area contributed by atoms with Crippen LogP contribution in [0.2, 0.25) is 0 Å². The highest BCUT2D eigenvalue weighted by atomic mass is 16.1. The number of rotatable bonds is 7. The summed E-state index contributed by atoms with van der Waals surface area (Å²) >= 11 is 0. The molecule has 0 aromatic heterocycles. The van der Waals surface area contributed by atoms with Crippen molar-refractivity contribution in [2.45, 2.75) is 90.9 Å². The Morgan fingerprint density at radius 2 is 1.48 bits per heavy atom. The Morgan fingerprint density at radius 1 is 0.810 bits per heavy atom. The smallest absolute Gasteiger partial charge is 0.123 e. The van der Waals surface area contributed by atoms with Crippen LogP contribution >= 0.6 is 0 Å². The molecule has 21 heavy (non-hydrogen) atoms. The molecule has 2 fully saturated rings. The Hall–Kier alpha value is -0.330. The third kappa shape index (κ3) is 5.11. The molecular weight excluding hydrogens is 256 g/mol. The van der Waals surface area contributed by atoms with Gasteiger partial charge in [-0.2, -0.15) is 0 Å². The minimum Gasteiger partial charge on any atom is -0.303 e. The lowest BCUT2D eigenvalue weighted by Gasteiger charge is -2.34. The molecule has 1 nitrogen and oxygen atoms in total. The van der Waals surface area contributed by atoms with Crippen LogP contribution < -0.4 is 0 Å². The number of carbonyl (C=O) groups is 1. The average Bonchev–Trinajstić information content (AvgIpc) is 2.51. The molecule has 0 saturated heterocycles. The quantitative estimate of drug-likeness (QED) is 0.414. The number of hydrogen-bond donors (Lipinski definition) is 0. The lowest BCUT2D eigenvalue weighted by molar-refractivity contribution is -0.113. The zero-order valence-corrected chi connectivity index (χ0v) is 14.4. The molecule has 122 valence electrons. The summed E-state index contributed by atoms with van der Waals surface area (Å²) in [4.78, 5) is 11.1. The number of carbonyl (C=O) groups excluding carboxylic acids is 1. The summed E-state index contributed by atoms with van der Waals surface area (Å²) in [6, 6.07) is 0. The molecule has 0 aromatic rings. The molecule has 2 aliphatic carbocycles. The first-order chi connectivity index (χ1) is 10.2. The molecule has 0 heterocycles. The monoisotopic (exact) mass is 292 g/mol. The van der Waals surface area contributed by atoms with Gasteiger partial charge < -0.3 is 4.79 Å². The van der Waals surface area contributed by atoms with Gasteiger partial charge in [0.2, 0.25) is 0 Å². The first-order valence-electron chi connectivity index (χ1n) is 9.67. The van der Waals surface area contributed by atoms with E-state index in [0.717, 1.165) is 24.2 Å². The Morgan fingerprint density at radius 3 is 2.24 bits per heavy atom. The van der Waals surface area contributed by atoms with Gasteiger partial charge >= 0.3 is 0 Å². The normalized spacial score (nSPS) is 37.3. The van der Waals surface area contributed by atoms with Gasteiger partial charge in [0.1, 0.15) is 6.29 Å². The highest BCUT2D eigenvalue weighted by Gasteiger charge is 2.27. The van der Waals surface area contributed by atoms with E-state index >= 15 is 0 Å². The number of aldehydes is 1. The summed E-state index contributed by atoms with van der Waals surface area (Å²) in [7, 11) is 0. The SMILES string of the molecule is CC1CCCC(CCCCCC2CCCCC2C=O)C1C. The van der Waals surface area contributed by atoms with Crippen molar-refractivity contribution in [2.75, 3.05) is 0 Å². The Balaban J connectivity index is 1.58. The summed E-state index contributed by atoms with van der Waals surface area (Å²) in [5, 5.41) is 0. The minimum absolute atomic E-state index is 0.387. The zero-order valence-electron chi connectivity index (χ0n) is 14.4. The van der Waals surface area contributed by atoms with E-state index in [1.54, 1.807) is 0 Å². The molecule has 2 rings (SSSR count). The summed E-state index contributed by atoms with van der Waals surface area (Å²) in [5.41, 5.74) is 0. The maximum Gasteiger partial charge on any atom is 0.123 e. The second-order valence-electron chi connectivity index (χ2n) is 8.01. The molecule has 0 bridgehead atoms. The molecule has 5 atom stereocenters. The third-order valence-corrected chi connectivity index (χ3v) is 6.67. The van der Waals surface area contributed by atoms with Crippen LogP contribution in [-0.4, -0.2) is 6.29 Å². The van der Waals surface area contributed by atoms with Crippen molar-refractivity contribution in [3.63, 3.8) is 0 Å². The summed E-state index contributed by atoms with van der Waals surface area (Å²) in [6.45, 7) is 4.92. The fourth-order valence-corrected chi connectivity index (χ4v) is 4.86. The van der Waals surface area contributed by atoms with Gasteiger partial charge in [0.15, 0.2) is 0 Å². The van der Waals surface area contributed by atoms with Gasteiger partial charge in [-0.15, -0.1) is 0 Å². The number of unbranched alkanes of at least 4 members (excludes halogenated alkanes) is 2. The molecule has 0 aromatic carbocycles. The van der Waals surface area contributed by atoms with Crippen molar-refractivity contribution in [1.82, 2.24) is 0 Å². The summed E-state index contributed by atoms with van der Waals surface area (Å²) in [5.74, 6) is 3.98. The van der Waals surface area contributed by atoms with E-state index in [0.29, 0.717) is 11.8 Å². The van der Waals surface area contributed by atoms with Crippen molar-refractivity contribution in [3.05, 3.63) is 0 Å². The van der Waals surface area contributed by atoms with E-state index in [-0.39, 0.29) is 0 Å². The average molecular weight is 293 g/mol. The van der Waals surface area contributed by atoms with Gasteiger partial charge in [0.25, 0.3) is 0 Å². The predicted molar refractivity (Wildman–Crippen MR) is 90.3 cm³/mol. The van der Waals surface area contributed by atoms with Crippen molar-refractivity contribution in [3.8, 4) is 0 Å². The fourth-order valence-electron chi connectivity index (χ4n) is 4.86. The van der Waals surface area contributed by atoms with Crippen LogP contribution in [0.4, 0.5) is 0 Å². The summed E-state index contributed by atoms with van der Waals surface area (Å²) in [6.07, 6.45) is 17.6. The van der Waals surface area contributed by atoms with Crippen LogP contribution in [0.5, 0.6) is 0 Å². The molecule has 0 aliphatic heterocycles. The van der Waals surface area contributed by atoms with Gasteiger partial charge in [0.05, 0.1) is 0 Å². The van der Waals surface area contributed by atoms with Gasteiger partial charge in [0, 0.05) is 5.92 Å². The first kappa shape index (κ1) is 17.0. The Labute approximate surface area is 132 Å². The second-order valence-corrected chi connectivity index (χ2v) is 8.01. The van der Waals surface area contributed by atoms with Gasteiger partial charge in [-0.3, -0.25) is 0 Å². The predicted octanol–water partition coefficient (Wildman–Crippen LogP) is 6.01. The molecule has 0 radical (unpaired) electrons. The van der Waals surface area contributed by atoms with Crippen LogP contribution in [0, 0.1) is 29.6 Å². The molecular formula is C20H36O. The highest BCUT2D eigenvalue weighted by molar-refractivity contribution is 5.54. The molecule has 0 N–H and O–H groups in total. The van der Waals surface area contributed by atoms with E-state index in [1.807, 2.05) is 0 Å². The van der Waals surface area contributed by atoms with Crippen LogP contribution in [0.3, 0.4) is 0 Å². The van der Waals surface area contributed by atoms with Crippen molar-refractivity contribution < 1.29 is 4.79 Å². The van der Waals surface area contributed by atoms with Gasteiger partial charge in [-0.05, 0) is 42.9 Å². The van der Waals surface area contributed by atoms with Crippen LogP contribution in [0.25, 0.3) is 0 Å². The van der Waals surface area contributed by atoms with Crippen molar-refractivity contribution >= 4 is 6.29 Å². The maximum atomic E-state index is 11.1. The molecule has 0 amide bonds. The topological polar surface area (TPSA) is 17.1 Å². The molecule has 5 unspecified atom stereocenters. The lowest BCUT2D eigenvalue weighted by Crippen LogP contribution is -2.24. The van der Waals surface area contributed by atoms with E-state index < -0.39 is 0 Å². The summed E-state index contributed by atoms with van der Waals surface area (Å²) < 4.78 is 0. The Bertz CT molecular complexity index is 298. The molecule has 2 aliphatic rings. The minimum atomic E-state index is 0.387. The molecule has 2 saturated carbocycles. The van der Waals surface area contributed by atoms with E-state index in [4.69, 9.17) is 0 Å². The largest absolute Gasteiger partial charge is 0.303 e. The third-order valence-electron chi connectivity index (χ3n) is 6.67. The van der Waals surface area contributed by atoms with Crippen LogP contribution in [-0.2, 0) is 4.79 Å².